The third-order valence-electron chi connectivity index (χ3n) is 8.73. The predicted octanol–water partition coefficient (Wildman–Crippen LogP) is 13.6. The van der Waals surface area contributed by atoms with E-state index in [0.717, 1.165) is 48.5 Å². The van der Waals surface area contributed by atoms with E-state index >= 15 is 0 Å². The molecular weight excluding hydrogens is 532 g/mol. The molecule has 0 aliphatic carbocycles. The van der Waals surface area contributed by atoms with Gasteiger partial charge in [-0.2, -0.15) is 0 Å². The summed E-state index contributed by atoms with van der Waals surface area (Å²) in [4.78, 5) is 10.7. The SMILES string of the molecule is CC=CC(=Nc1ccc(CCCCC)c(CCCCC)c1)C(CCCCC)=Nc1ccc(CCCCC)c(CCCCC)c1. The molecule has 0 amide bonds. The van der Waals surface area contributed by atoms with Crippen LogP contribution in [0.2, 0.25) is 0 Å². The summed E-state index contributed by atoms with van der Waals surface area (Å²) in [7, 11) is 0. The van der Waals surface area contributed by atoms with Crippen molar-refractivity contribution in [2.45, 2.75) is 170 Å². The Bertz CT molecular complexity index is 1140. The van der Waals surface area contributed by atoms with Crippen molar-refractivity contribution in [2.75, 3.05) is 0 Å². The predicted molar refractivity (Wildman–Crippen MR) is 199 cm³/mol. The third kappa shape index (κ3) is 14.5. The summed E-state index contributed by atoms with van der Waals surface area (Å²) in [5.41, 5.74) is 10.3. The second-order valence-electron chi connectivity index (χ2n) is 12.7. The van der Waals surface area contributed by atoms with Crippen molar-refractivity contribution in [3.63, 3.8) is 0 Å². The van der Waals surface area contributed by atoms with Gasteiger partial charge in [-0.25, -0.2) is 4.99 Å². The number of hydrogen-bond acceptors (Lipinski definition) is 2. The van der Waals surface area contributed by atoms with Gasteiger partial charge in [-0.1, -0.05) is 117 Å². The van der Waals surface area contributed by atoms with Crippen LogP contribution in [0.25, 0.3) is 0 Å². The Hall–Kier alpha value is -2.48. The Kier molecular flexibility index (Phi) is 20.4. The molecule has 244 valence electrons. The molecule has 0 unspecified atom stereocenters. The monoisotopic (exact) mass is 599 g/mol. The zero-order valence-electron chi connectivity index (χ0n) is 29.7. The summed E-state index contributed by atoms with van der Waals surface area (Å²) >= 11 is 0. The first-order chi connectivity index (χ1) is 21.6. The van der Waals surface area contributed by atoms with Crippen LogP contribution in [-0.4, -0.2) is 11.4 Å². The fourth-order valence-electron chi connectivity index (χ4n) is 6.01. The van der Waals surface area contributed by atoms with Gasteiger partial charge in [0.1, 0.15) is 0 Å². The molecule has 44 heavy (non-hydrogen) atoms. The maximum Gasteiger partial charge on any atom is 0.0848 e. The Morgan fingerprint density at radius 2 is 0.909 bits per heavy atom. The fraction of sp³-hybridized carbons (Fsp3) is 0.619. The molecular formula is C42H66N2. The van der Waals surface area contributed by atoms with Crippen LogP contribution in [0, 0.1) is 0 Å². The summed E-state index contributed by atoms with van der Waals surface area (Å²) in [6, 6.07) is 14.0. The van der Waals surface area contributed by atoms with E-state index in [2.05, 4.69) is 90.1 Å². The average molecular weight is 599 g/mol. The van der Waals surface area contributed by atoms with Crippen LogP contribution in [0.4, 0.5) is 11.4 Å². The molecule has 0 aromatic heterocycles. The van der Waals surface area contributed by atoms with Crippen LogP contribution in [-0.2, 0) is 25.7 Å². The molecule has 0 fully saturated rings. The topological polar surface area (TPSA) is 24.7 Å². The van der Waals surface area contributed by atoms with E-state index in [-0.39, 0.29) is 0 Å². The average Bonchev–Trinajstić information content (AvgIpc) is 3.03. The number of benzene rings is 2. The van der Waals surface area contributed by atoms with Gasteiger partial charge in [0, 0.05) is 0 Å². The molecule has 0 saturated carbocycles. The molecule has 2 aromatic carbocycles. The second-order valence-corrected chi connectivity index (χ2v) is 12.7. The van der Waals surface area contributed by atoms with Gasteiger partial charge in [0.25, 0.3) is 0 Å². The highest BCUT2D eigenvalue weighted by atomic mass is 14.8. The molecule has 0 heterocycles. The number of unbranched alkanes of at least 4 members (excludes halogenated alkanes) is 10. The quantitative estimate of drug-likeness (QED) is 0.0848. The first kappa shape index (κ1) is 37.7. The molecule has 0 spiro atoms. The minimum atomic E-state index is 0.957. The van der Waals surface area contributed by atoms with Crippen molar-refractivity contribution in [3.8, 4) is 0 Å². The van der Waals surface area contributed by atoms with Gasteiger partial charge >= 0.3 is 0 Å². The molecule has 0 aliphatic heterocycles. The van der Waals surface area contributed by atoms with E-state index in [4.69, 9.17) is 9.98 Å². The van der Waals surface area contributed by atoms with Gasteiger partial charge in [0.2, 0.25) is 0 Å². The van der Waals surface area contributed by atoms with Gasteiger partial charge in [0.05, 0.1) is 22.8 Å². The number of aliphatic imine (C=N–C) groups is 2. The van der Waals surface area contributed by atoms with Crippen LogP contribution < -0.4 is 0 Å². The molecule has 2 nitrogen and oxygen atoms in total. The lowest BCUT2D eigenvalue weighted by Gasteiger charge is -2.13. The third-order valence-corrected chi connectivity index (χ3v) is 8.73. The number of rotatable bonds is 24. The molecule has 0 bridgehead atoms. The summed E-state index contributed by atoms with van der Waals surface area (Å²) in [5, 5.41) is 0. The highest BCUT2D eigenvalue weighted by Crippen LogP contribution is 2.26. The summed E-state index contributed by atoms with van der Waals surface area (Å²) in [5.74, 6) is 0. The Morgan fingerprint density at radius 1 is 0.500 bits per heavy atom. The Balaban J connectivity index is 2.51. The van der Waals surface area contributed by atoms with Crippen LogP contribution in [0.5, 0.6) is 0 Å². The van der Waals surface area contributed by atoms with E-state index in [1.165, 1.54) is 125 Å². The minimum absolute atomic E-state index is 0.957. The number of aryl methyl sites for hydroxylation is 4. The molecule has 0 aliphatic rings. The van der Waals surface area contributed by atoms with Crippen molar-refractivity contribution in [3.05, 3.63) is 70.8 Å². The van der Waals surface area contributed by atoms with Crippen molar-refractivity contribution < 1.29 is 0 Å². The normalized spacial score (nSPS) is 12.5. The standard InChI is InChI=1S/C42H66N2/c1-7-13-18-24-35-29-31-39(33-37(35)26-20-15-9-3)43-41(23-12-6)42(28-22-17-11-5)44-40-32-30-36(25-19-14-8-2)38(34-40)27-21-16-10-4/h12,23,29-34H,7-11,13-22,24-28H2,1-6H3. The van der Waals surface area contributed by atoms with Gasteiger partial charge < -0.3 is 0 Å². The van der Waals surface area contributed by atoms with Gasteiger partial charge in [0.15, 0.2) is 0 Å². The van der Waals surface area contributed by atoms with Crippen molar-refractivity contribution in [1.82, 2.24) is 0 Å². The van der Waals surface area contributed by atoms with Gasteiger partial charge in [-0.15, -0.1) is 0 Å². The first-order valence-electron chi connectivity index (χ1n) is 18.6. The van der Waals surface area contributed by atoms with Crippen LogP contribution in [0.3, 0.4) is 0 Å². The van der Waals surface area contributed by atoms with Crippen LogP contribution >= 0.6 is 0 Å². The lowest BCUT2D eigenvalue weighted by molar-refractivity contribution is 0.693. The maximum atomic E-state index is 5.36. The molecule has 2 rings (SSSR count). The Labute approximate surface area is 273 Å². The zero-order chi connectivity index (χ0) is 31.8. The molecule has 0 saturated heterocycles. The lowest BCUT2D eigenvalue weighted by Crippen LogP contribution is -2.12. The zero-order valence-corrected chi connectivity index (χ0v) is 29.7. The second kappa shape index (κ2) is 23.8. The molecule has 0 N–H and O–H groups in total. The summed E-state index contributed by atoms with van der Waals surface area (Å²) in [6.45, 7) is 13.5. The lowest BCUT2D eigenvalue weighted by atomic mass is 9.96. The number of nitrogens with zero attached hydrogens (tertiary/aromatic N) is 2. The largest absolute Gasteiger partial charge is 0.251 e. The number of allylic oxidation sites excluding steroid dienone is 2. The van der Waals surface area contributed by atoms with Crippen molar-refractivity contribution >= 4 is 22.8 Å². The fourth-order valence-corrected chi connectivity index (χ4v) is 6.01. The van der Waals surface area contributed by atoms with E-state index < -0.39 is 0 Å². The first-order valence-corrected chi connectivity index (χ1v) is 18.6. The minimum Gasteiger partial charge on any atom is -0.251 e. The molecule has 2 heteroatoms. The van der Waals surface area contributed by atoms with Gasteiger partial charge in [-0.05, 0) is 124 Å². The molecule has 0 atom stereocenters. The smallest absolute Gasteiger partial charge is 0.0848 e. The molecule has 0 radical (unpaired) electrons. The molecule has 2 aromatic rings. The maximum absolute atomic E-state index is 5.36. The van der Waals surface area contributed by atoms with E-state index in [1.54, 1.807) is 0 Å². The van der Waals surface area contributed by atoms with Crippen molar-refractivity contribution in [2.24, 2.45) is 9.98 Å². The van der Waals surface area contributed by atoms with Gasteiger partial charge in [-0.3, -0.25) is 4.99 Å². The highest BCUT2D eigenvalue weighted by molar-refractivity contribution is 6.47. The van der Waals surface area contributed by atoms with Crippen LogP contribution in [0.1, 0.15) is 167 Å². The Morgan fingerprint density at radius 3 is 1.34 bits per heavy atom. The van der Waals surface area contributed by atoms with E-state index in [1.807, 2.05) is 0 Å². The summed E-state index contributed by atoms with van der Waals surface area (Å²) < 4.78 is 0. The highest BCUT2D eigenvalue weighted by Gasteiger charge is 2.11. The van der Waals surface area contributed by atoms with Crippen molar-refractivity contribution in [1.29, 1.82) is 0 Å². The number of hydrogen-bond donors (Lipinski definition) is 0. The summed E-state index contributed by atoms with van der Waals surface area (Å²) in [6.07, 6.45) is 28.8. The van der Waals surface area contributed by atoms with Crippen LogP contribution in [0.15, 0.2) is 58.5 Å². The van der Waals surface area contributed by atoms with E-state index in [0.29, 0.717) is 0 Å². The van der Waals surface area contributed by atoms with E-state index in [9.17, 15) is 0 Å².